The molecule has 0 aliphatic rings. The molecule has 0 bridgehead atoms. The number of unbranched alkanes of at least 4 members (excludes halogenated alkanes) is 1. The minimum Gasteiger partial charge on any atom is -0.480 e. The number of hydrogen-bond acceptors (Lipinski definition) is 6. The van der Waals surface area contributed by atoms with E-state index >= 15 is 0 Å². The van der Waals surface area contributed by atoms with E-state index in [-0.39, 0.29) is 11.8 Å². The highest BCUT2D eigenvalue weighted by molar-refractivity contribution is 5.93. The maximum atomic E-state index is 12.8. The summed E-state index contributed by atoms with van der Waals surface area (Å²) in [7, 11) is 0. The lowest BCUT2D eigenvalue weighted by atomic mass is 10.00. The van der Waals surface area contributed by atoms with Gasteiger partial charge >= 0.3 is 5.97 Å². The molecule has 0 aromatic carbocycles. The number of amides is 3. The number of aliphatic carboxylic acids is 1. The minimum atomic E-state index is -1.18. The van der Waals surface area contributed by atoms with Crippen molar-refractivity contribution in [3.05, 3.63) is 0 Å². The molecule has 3 amide bonds. The van der Waals surface area contributed by atoms with Crippen molar-refractivity contribution in [2.24, 2.45) is 23.3 Å². The van der Waals surface area contributed by atoms with Gasteiger partial charge in [-0.05, 0) is 44.1 Å². The van der Waals surface area contributed by atoms with E-state index in [1.807, 2.05) is 27.7 Å². The van der Waals surface area contributed by atoms with Crippen molar-refractivity contribution in [1.29, 1.82) is 0 Å². The van der Waals surface area contributed by atoms with E-state index in [0.29, 0.717) is 32.2 Å². The summed E-state index contributed by atoms with van der Waals surface area (Å²) in [5.41, 5.74) is 11.3. The molecule has 29 heavy (non-hydrogen) atoms. The van der Waals surface area contributed by atoms with E-state index in [1.54, 1.807) is 0 Å². The topological polar surface area (TPSA) is 177 Å². The van der Waals surface area contributed by atoms with Crippen molar-refractivity contribution >= 4 is 23.7 Å². The van der Waals surface area contributed by atoms with Gasteiger partial charge in [0.05, 0.1) is 6.04 Å². The first kappa shape index (κ1) is 26.8. The number of hydrogen-bond donors (Lipinski definition) is 6. The van der Waals surface area contributed by atoms with Crippen LogP contribution in [0.1, 0.15) is 53.4 Å². The first-order valence-electron chi connectivity index (χ1n) is 10.0. The van der Waals surface area contributed by atoms with Crippen molar-refractivity contribution < 1.29 is 24.3 Å². The van der Waals surface area contributed by atoms with Gasteiger partial charge in [-0.15, -0.1) is 0 Å². The highest BCUT2D eigenvalue weighted by Crippen LogP contribution is 2.09. The fourth-order valence-electron chi connectivity index (χ4n) is 2.59. The van der Waals surface area contributed by atoms with Crippen LogP contribution in [-0.4, -0.2) is 60.0 Å². The van der Waals surface area contributed by atoms with Crippen LogP contribution in [0.3, 0.4) is 0 Å². The zero-order chi connectivity index (χ0) is 22.6. The summed E-state index contributed by atoms with van der Waals surface area (Å²) in [6.45, 7) is 7.33. The highest BCUT2D eigenvalue weighted by Gasteiger charge is 2.29. The van der Waals surface area contributed by atoms with Gasteiger partial charge in [-0.1, -0.05) is 27.7 Å². The molecule has 10 nitrogen and oxygen atoms in total. The quantitative estimate of drug-likeness (QED) is 0.203. The Morgan fingerprint density at radius 2 is 1.48 bits per heavy atom. The summed E-state index contributed by atoms with van der Waals surface area (Å²) in [4.78, 5) is 48.1. The molecule has 0 aromatic heterocycles. The predicted octanol–water partition coefficient (Wildman–Crippen LogP) is -0.685. The second-order valence-electron chi connectivity index (χ2n) is 7.92. The smallest absolute Gasteiger partial charge is 0.322 e. The van der Waals surface area contributed by atoms with Crippen molar-refractivity contribution in [3.63, 3.8) is 0 Å². The molecule has 0 spiro atoms. The van der Waals surface area contributed by atoms with Crippen LogP contribution in [-0.2, 0) is 19.2 Å². The Hall–Kier alpha value is -2.20. The average Bonchev–Trinajstić information content (AvgIpc) is 2.63. The number of rotatable bonds is 14. The van der Waals surface area contributed by atoms with E-state index in [9.17, 15) is 19.2 Å². The number of nitrogens with one attached hydrogen (secondary N) is 3. The number of carboxylic acid groups (broad SMARTS) is 1. The number of carbonyl (C=O) groups is 4. The lowest BCUT2D eigenvalue weighted by Gasteiger charge is -2.25. The molecular weight excluding hydrogens is 378 g/mol. The fourth-order valence-corrected chi connectivity index (χ4v) is 2.59. The van der Waals surface area contributed by atoms with Crippen molar-refractivity contribution in [2.75, 3.05) is 13.1 Å². The molecule has 0 saturated heterocycles. The molecule has 0 radical (unpaired) electrons. The normalized spacial score (nSPS) is 14.2. The largest absolute Gasteiger partial charge is 0.480 e. The molecule has 168 valence electrons. The van der Waals surface area contributed by atoms with Gasteiger partial charge in [0.25, 0.3) is 0 Å². The number of nitrogens with two attached hydrogens (primary N) is 2. The lowest BCUT2D eigenvalue weighted by molar-refractivity contribution is -0.138. The SMILES string of the molecule is CC(C)CC(NC(=O)C(N)C(C)C)C(=O)NC(CCCCN)C(=O)NCC(=O)O. The molecule has 0 aliphatic carbocycles. The molecular formula is C19H37N5O5. The first-order chi connectivity index (χ1) is 13.5. The van der Waals surface area contributed by atoms with Gasteiger partial charge in [-0.3, -0.25) is 19.2 Å². The van der Waals surface area contributed by atoms with Gasteiger partial charge in [-0.2, -0.15) is 0 Å². The van der Waals surface area contributed by atoms with Gasteiger partial charge in [0.2, 0.25) is 17.7 Å². The average molecular weight is 416 g/mol. The van der Waals surface area contributed by atoms with Crippen molar-refractivity contribution in [2.45, 2.75) is 71.5 Å². The number of carboxylic acids is 1. The van der Waals surface area contributed by atoms with Crippen LogP contribution in [0.2, 0.25) is 0 Å². The van der Waals surface area contributed by atoms with Crippen LogP contribution in [0.25, 0.3) is 0 Å². The minimum absolute atomic E-state index is 0.0939. The summed E-state index contributed by atoms with van der Waals surface area (Å²) in [6, 6.07) is -2.52. The summed E-state index contributed by atoms with van der Waals surface area (Å²) in [5.74, 6) is -2.70. The first-order valence-corrected chi connectivity index (χ1v) is 10.0. The summed E-state index contributed by atoms with van der Waals surface area (Å²) in [5, 5.41) is 16.3. The predicted molar refractivity (Wildman–Crippen MR) is 110 cm³/mol. The maximum Gasteiger partial charge on any atom is 0.322 e. The zero-order valence-corrected chi connectivity index (χ0v) is 17.9. The van der Waals surface area contributed by atoms with Crippen LogP contribution >= 0.6 is 0 Å². The van der Waals surface area contributed by atoms with Gasteiger partial charge in [-0.25, -0.2) is 0 Å². The third kappa shape index (κ3) is 11.4. The monoisotopic (exact) mass is 415 g/mol. The molecule has 0 aliphatic heterocycles. The molecule has 3 unspecified atom stereocenters. The Morgan fingerprint density at radius 3 is 1.97 bits per heavy atom. The fraction of sp³-hybridized carbons (Fsp3) is 0.789. The Kier molecular flexibility index (Phi) is 12.8. The van der Waals surface area contributed by atoms with Crippen LogP contribution < -0.4 is 27.4 Å². The molecule has 0 heterocycles. The maximum absolute atomic E-state index is 12.8. The van der Waals surface area contributed by atoms with Crippen molar-refractivity contribution in [1.82, 2.24) is 16.0 Å². The van der Waals surface area contributed by atoms with E-state index in [0.717, 1.165) is 0 Å². The second kappa shape index (κ2) is 13.9. The second-order valence-corrected chi connectivity index (χ2v) is 7.92. The molecule has 0 saturated carbocycles. The lowest BCUT2D eigenvalue weighted by Crippen LogP contribution is -2.56. The molecule has 8 N–H and O–H groups in total. The summed E-state index contributed by atoms with van der Waals surface area (Å²) < 4.78 is 0. The standard InChI is InChI=1S/C19H37N5O5/c1-11(2)9-14(24-19(29)16(21)12(3)4)18(28)23-13(7-5-6-8-20)17(27)22-10-15(25)26/h11-14,16H,5-10,20-21H2,1-4H3,(H,22,27)(H,23,28)(H,24,29)(H,25,26). The van der Waals surface area contributed by atoms with Crippen LogP contribution in [0.4, 0.5) is 0 Å². The van der Waals surface area contributed by atoms with Crippen molar-refractivity contribution in [3.8, 4) is 0 Å². The van der Waals surface area contributed by atoms with Gasteiger partial charge in [0, 0.05) is 0 Å². The third-order valence-corrected chi connectivity index (χ3v) is 4.35. The third-order valence-electron chi connectivity index (χ3n) is 4.35. The molecule has 0 aromatic rings. The molecule has 0 rings (SSSR count). The Balaban J connectivity index is 5.22. The zero-order valence-electron chi connectivity index (χ0n) is 17.9. The summed E-state index contributed by atoms with van der Waals surface area (Å²) in [6.07, 6.45) is 1.92. The molecule has 10 heteroatoms. The highest BCUT2D eigenvalue weighted by atomic mass is 16.4. The molecule has 3 atom stereocenters. The van der Waals surface area contributed by atoms with Gasteiger partial charge in [0.1, 0.15) is 18.6 Å². The number of carbonyl (C=O) groups excluding carboxylic acids is 3. The van der Waals surface area contributed by atoms with Crippen LogP contribution in [0.5, 0.6) is 0 Å². The Morgan fingerprint density at radius 1 is 0.897 bits per heavy atom. The van der Waals surface area contributed by atoms with Crippen LogP contribution in [0.15, 0.2) is 0 Å². The van der Waals surface area contributed by atoms with E-state index in [4.69, 9.17) is 16.6 Å². The molecule has 0 fully saturated rings. The van der Waals surface area contributed by atoms with Gasteiger partial charge in [0.15, 0.2) is 0 Å². The van der Waals surface area contributed by atoms with E-state index in [1.165, 1.54) is 0 Å². The Labute approximate surface area is 172 Å². The van der Waals surface area contributed by atoms with E-state index in [2.05, 4.69) is 16.0 Å². The van der Waals surface area contributed by atoms with E-state index < -0.39 is 48.4 Å². The van der Waals surface area contributed by atoms with Crippen LogP contribution in [0, 0.1) is 11.8 Å². The Bertz CT molecular complexity index is 553. The summed E-state index contributed by atoms with van der Waals surface area (Å²) >= 11 is 0. The van der Waals surface area contributed by atoms with Gasteiger partial charge < -0.3 is 32.5 Å².